The summed E-state index contributed by atoms with van der Waals surface area (Å²) < 4.78 is 0. The molecule has 0 aromatic heterocycles. The lowest BCUT2D eigenvalue weighted by atomic mass is 9.52. The molecule has 326 valence electrons. The van der Waals surface area contributed by atoms with Gasteiger partial charge in [-0.15, -0.1) is 0 Å². The zero-order valence-electron chi connectivity index (χ0n) is 38.1. The minimum atomic E-state index is -0.633. The first-order chi connectivity index (χ1) is 34.7. The molecule has 4 aliphatic rings. The second-order valence-corrected chi connectivity index (χ2v) is 19.1. The van der Waals surface area contributed by atoms with E-state index < -0.39 is 17.0 Å². The van der Waals surface area contributed by atoms with Crippen molar-refractivity contribution in [3.8, 4) is 33.4 Å². The van der Waals surface area contributed by atoms with Crippen LogP contribution < -0.4 is 5.32 Å². The fourth-order valence-electron chi connectivity index (χ4n) is 13.2. The lowest BCUT2D eigenvalue weighted by Gasteiger charge is -2.49. The minimum absolute atomic E-state index is 0.574. The predicted octanol–water partition coefficient (Wildman–Crippen LogP) is 15.2. The Morgan fingerprint density at radius 1 is 0.286 bits per heavy atom. The van der Waals surface area contributed by atoms with Gasteiger partial charge in [-0.2, -0.15) is 0 Å². The maximum atomic E-state index is 5.61. The molecule has 70 heavy (non-hydrogen) atoms. The van der Waals surface area contributed by atoms with E-state index in [-0.39, 0.29) is 0 Å². The molecule has 1 N–H and O–H groups in total. The largest absolute Gasteiger partial charge is 0.324 e. The third kappa shape index (κ3) is 5.13. The molecule has 2 spiro atoms. The fourth-order valence-corrected chi connectivity index (χ4v) is 13.2. The molecule has 11 aromatic rings. The summed E-state index contributed by atoms with van der Waals surface area (Å²) in [6, 6.07) is 92.2. The third-order valence-corrected chi connectivity index (χ3v) is 15.8. The third-order valence-electron chi connectivity index (χ3n) is 15.8. The second kappa shape index (κ2) is 14.8. The van der Waals surface area contributed by atoms with Gasteiger partial charge in [0.1, 0.15) is 11.7 Å². The molecule has 1 heterocycles. The molecule has 3 heteroatoms. The van der Waals surface area contributed by atoms with Crippen LogP contribution in [-0.2, 0) is 10.8 Å². The van der Waals surface area contributed by atoms with Gasteiger partial charge in [-0.1, -0.05) is 243 Å². The van der Waals surface area contributed by atoms with Crippen molar-refractivity contribution in [2.75, 3.05) is 0 Å². The fraction of sp³-hybridized carbons (Fsp3) is 0.0448. The van der Waals surface area contributed by atoms with E-state index in [1.54, 1.807) is 0 Å². The van der Waals surface area contributed by atoms with Crippen molar-refractivity contribution in [3.05, 3.63) is 310 Å². The van der Waals surface area contributed by atoms with Crippen LogP contribution >= 0.6 is 0 Å². The highest BCUT2D eigenvalue weighted by Gasteiger charge is 2.59. The predicted molar refractivity (Wildman–Crippen MR) is 287 cm³/mol. The lowest BCUT2D eigenvalue weighted by Crippen LogP contribution is -2.43. The summed E-state index contributed by atoms with van der Waals surface area (Å²) in [7, 11) is 0. The molecule has 0 atom stereocenters. The zero-order chi connectivity index (χ0) is 46.0. The van der Waals surface area contributed by atoms with E-state index in [0.717, 1.165) is 44.9 Å². The van der Waals surface area contributed by atoms with Crippen molar-refractivity contribution in [3.63, 3.8) is 0 Å². The molecular formula is C67H43N3. The number of hydrogen-bond acceptors (Lipinski definition) is 3. The van der Waals surface area contributed by atoms with Gasteiger partial charge in [-0.25, -0.2) is 9.98 Å². The zero-order valence-corrected chi connectivity index (χ0v) is 38.1. The van der Waals surface area contributed by atoms with Gasteiger partial charge in [0, 0.05) is 16.7 Å². The Hall–Kier alpha value is -8.92. The molecule has 0 unspecified atom stereocenters. The van der Waals surface area contributed by atoms with E-state index in [2.05, 4.69) is 254 Å². The first-order valence-corrected chi connectivity index (χ1v) is 24.4. The molecule has 0 radical (unpaired) electrons. The van der Waals surface area contributed by atoms with Gasteiger partial charge in [-0.3, -0.25) is 0 Å². The number of benzene rings is 11. The summed E-state index contributed by atoms with van der Waals surface area (Å²) in [5.74, 6) is 1.59. The molecule has 1 aliphatic heterocycles. The van der Waals surface area contributed by atoms with E-state index in [1.807, 2.05) is 0 Å². The molecule has 0 saturated carbocycles. The van der Waals surface area contributed by atoms with E-state index in [9.17, 15) is 0 Å². The standard InChI is InChI=1S/C67H43N3/c1-3-21-42(22-4-1)63-68-64(43-23-5-2-6-24-43)70-65(69-63)62-52-32-10-8-26-46(52)45-25-7-9-31-51(45)61(62)44-39-40-59-60(41-44)67(55-35-17-13-29-49(55)50-30-14-18-36-56(50)67)58-38-20-19-37-57(58)66(59)53-33-15-11-27-47(53)48-28-12-16-34-54(48)66/h1-41,65H,(H,68,69,70). The van der Waals surface area contributed by atoms with E-state index in [4.69, 9.17) is 9.98 Å². The molecular weight excluding hydrogens is 847 g/mol. The van der Waals surface area contributed by atoms with Gasteiger partial charge in [0.25, 0.3) is 0 Å². The maximum absolute atomic E-state index is 5.61. The molecule has 3 nitrogen and oxygen atoms in total. The quantitative estimate of drug-likeness (QED) is 0.176. The summed E-state index contributed by atoms with van der Waals surface area (Å²) in [5, 5.41) is 8.37. The molecule has 15 rings (SSSR count). The highest BCUT2D eigenvalue weighted by Crippen LogP contribution is 2.67. The number of nitrogens with zero attached hydrogens (tertiary/aromatic N) is 2. The Morgan fingerprint density at radius 2 is 0.643 bits per heavy atom. The van der Waals surface area contributed by atoms with E-state index in [1.165, 1.54) is 82.9 Å². The van der Waals surface area contributed by atoms with Crippen LogP contribution in [0.25, 0.3) is 54.9 Å². The number of aliphatic imine (C=N–C) groups is 2. The van der Waals surface area contributed by atoms with Crippen LogP contribution in [0.5, 0.6) is 0 Å². The highest BCUT2D eigenvalue weighted by atomic mass is 15.2. The highest BCUT2D eigenvalue weighted by molar-refractivity contribution is 6.19. The Balaban J connectivity index is 1.10. The van der Waals surface area contributed by atoms with Gasteiger partial charge >= 0.3 is 0 Å². The summed E-state index contributed by atoms with van der Waals surface area (Å²) in [5.41, 5.74) is 19.8. The maximum Gasteiger partial charge on any atom is 0.171 e. The van der Waals surface area contributed by atoms with Gasteiger partial charge in [0.2, 0.25) is 0 Å². The lowest BCUT2D eigenvalue weighted by molar-refractivity contribution is 0.633. The van der Waals surface area contributed by atoms with Crippen LogP contribution in [0.15, 0.2) is 259 Å². The number of hydrogen-bond donors (Lipinski definition) is 1. The molecule has 0 bridgehead atoms. The van der Waals surface area contributed by atoms with Crippen LogP contribution in [0, 0.1) is 0 Å². The smallest absolute Gasteiger partial charge is 0.171 e. The first-order valence-electron chi connectivity index (χ1n) is 24.4. The molecule has 0 saturated heterocycles. The van der Waals surface area contributed by atoms with Gasteiger partial charge in [0.15, 0.2) is 6.17 Å². The van der Waals surface area contributed by atoms with Gasteiger partial charge < -0.3 is 5.32 Å². The Kier molecular flexibility index (Phi) is 8.26. The average Bonchev–Trinajstić information content (AvgIpc) is 3.91. The van der Waals surface area contributed by atoms with Crippen molar-refractivity contribution < 1.29 is 0 Å². The van der Waals surface area contributed by atoms with E-state index in [0.29, 0.717) is 0 Å². The van der Waals surface area contributed by atoms with Crippen molar-refractivity contribution in [2.24, 2.45) is 9.98 Å². The monoisotopic (exact) mass is 889 g/mol. The number of rotatable bonds is 4. The summed E-state index contributed by atoms with van der Waals surface area (Å²) in [6.07, 6.45) is -0.574. The average molecular weight is 890 g/mol. The topological polar surface area (TPSA) is 36.8 Å². The summed E-state index contributed by atoms with van der Waals surface area (Å²) >= 11 is 0. The number of nitrogens with one attached hydrogen (secondary N) is 1. The minimum Gasteiger partial charge on any atom is -0.324 e. The molecule has 3 aliphatic carbocycles. The van der Waals surface area contributed by atoms with Crippen molar-refractivity contribution >= 4 is 33.2 Å². The van der Waals surface area contributed by atoms with E-state index >= 15 is 0 Å². The molecule has 11 aromatic carbocycles. The summed E-state index contributed by atoms with van der Waals surface area (Å²) in [4.78, 5) is 11.2. The second-order valence-electron chi connectivity index (χ2n) is 19.1. The first kappa shape index (κ1) is 39.1. The van der Waals surface area contributed by atoms with Crippen LogP contribution in [0.3, 0.4) is 0 Å². The SMILES string of the molecule is c1ccc(C2=NC(c3c(-c4ccc5c(c4)C4(c6ccccc6-c6ccccc64)c4ccccc4C54c5ccccc5-c5ccccc54)c4ccccc4c4ccccc34)N=C(c3ccccc3)N2)cc1. The Morgan fingerprint density at radius 3 is 1.13 bits per heavy atom. The number of fused-ring (bicyclic) bond motifs is 19. The summed E-state index contributed by atoms with van der Waals surface area (Å²) in [6.45, 7) is 0. The van der Waals surface area contributed by atoms with Gasteiger partial charge in [-0.05, 0) is 105 Å². The van der Waals surface area contributed by atoms with Crippen LogP contribution in [0.2, 0.25) is 0 Å². The number of amidine groups is 2. The van der Waals surface area contributed by atoms with Crippen LogP contribution in [-0.4, -0.2) is 11.7 Å². The van der Waals surface area contributed by atoms with Gasteiger partial charge in [0.05, 0.1) is 10.8 Å². The van der Waals surface area contributed by atoms with Crippen molar-refractivity contribution in [1.29, 1.82) is 0 Å². The molecule has 0 amide bonds. The Bertz CT molecular complexity index is 3900. The van der Waals surface area contributed by atoms with Crippen LogP contribution in [0.1, 0.15) is 67.4 Å². The van der Waals surface area contributed by atoms with Crippen molar-refractivity contribution in [1.82, 2.24) is 5.32 Å². The Labute approximate surface area is 406 Å². The van der Waals surface area contributed by atoms with Crippen molar-refractivity contribution in [2.45, 2.75) is 17.0 Å². The normalized spacial score (nSPS) is 15.3. The van der Waals surface area contributed by atoms with Crippen LogP contribution in [0.4, 0.5) is 0 Å². The molecule has 0 fully saturated rings.